The second-order valence-electron chi connectivity index (χ2n) is 6.17. The fraction of sp³-hybridized carbons (Fsp3) is 0.136. The van der Waals surface area contributed by atoms with Crippen molar-refractivity contribution in [1.29, 1.82) is 0 Å². The van der Waals surface area contributed by atoms with Crippen LogP contribution in [0.4, 0.5) is 11.4 Å². The lowest BCUT2D eigenvalue weighted by atomic mass is 10.2. The van der Waals surface area contributed by atoms with Gasteiger partial charge in [-0.05, 0) is 66.7 Å². The van der Waals surface area contributed by atoms with Gasteiger partial charge in [-0.3, -0.25) is 0 Å². The molecular formula is C22H19N3O3S. The third-order valence-electron chi connectivity index (χ3n) is 4.19. The van der Waals surface area contributed by atoms with Gasteiger partial charge >= 0.3 is 0 Å². The molecule has 0 radical (unpaired) electrons. The maximum atomic E-state index is 8.78. The summed E-state index contributed by atoms with van der Waals surface area (Å²) in [4.78, 5) is 4.69. The molecule has 0 spiro atoms. The van der Waals surface area contributed by atoms with Crippen molar-refractivity contribution in [3.8, 4) is 22.1 Å². The van der Waals surface area contributed by atoms with Crippen molar-refractivity contribution in [2.75, 3.05) is 20.3 Å². The zero-order chi connectivity index (χ0) is 20.1. The Kier molecular flexibility index (Phi) is 5.79. The molecule has 0 saturated carbocycles. The molecule has 4 aromatic rings. The number of rotatable bonds is 7. The van der Waals surface area contributed by atoms with Crippen LogP contribution in [0.2, 0.25) is 0 Å². The highest BCUT2D eigenvalue weighted by Gasteiger charge is 2.07. The van der Waals surface area contributed by atoms with E-state index in [9.17, 15) is 0 Å². The average molecular weight is 405 g/mol. The number of benzene rings is 3. The van der Waals surface area contributed by atoms with Gasteiger partial charge in [0.05, 0.1) is 35.3 Å². The highest BCUT2D eigenvalue weighted by Crippen LogP contribution is 2.33. The Morgan fingerprint density at radius 2 is 1.55 bits per heavy atom. The number of aliphatic hydroxyl groups excluding tert-OH is 1. The molecule has 4 rings (SSSR count). The number of azo groups is 1. The molecule has 7 heteroatoms. The summed E-state index contributed by atoms with van der Waals surface area (Å²) in [6.07, 6.45) is 0. The maximum Gasteiger partial charge on any atom is 0.124 e. The first-order valence-electron chi connectivity index (χ1n) is 9.05. The van der Waals surface area contributed by atoms with Gasteiger partial charge in [0.15, 0.2) is 0 Å². The predicted octanol–water partition coefficient (Wildman–Crippen LogP) is 5.76. The number of aliphatic hydroxyl groups is 1. The van der Waals surface area contributed by atoms with E-state index in [1.807, 2.05) is 54.6 Å². The quantitative estimate of drug-likeness (QED) is 0.397. The van der Waals surface area contributed by atoms with E-state index in [-0.39, 0.29) is 13.2 Å². The molecule has 3 aromatic carbocycles. The van der Waals surface area contributed by atoms with Crippen molar-refractivity contribution in [3.05, 3.63) is 66.7 Å². The van der Waals surface area contributed by atoms with E-state index < -0.39 is 0 Å². The van der Waals surface area contributed by atoms with Gasteiger partial charge in [-0.2, -0.15) is 10.2 Å². The van der Waals surface area contributed by atoms with Gasteiger partial charge in [-0.15, -0.1) is 11.3 Å². The van der Waals surface area contributed by atoms with E-state index in [1.165, 1.54) is 0 Å². The highest BCUT2D eigenvalue weighted by atomic mass is 32.1. The predicted molar refractivity (Wildman–Crippen MR) is 115 cm³/mol. The number of hydrogen-bond acceptors (Lipinski definition) is 7. The second kappa shape index (κ2) is 8.81. The minimum absolute atomic E-state index is 0.0112. The van der Waals surface area contributed by atoms with Crippen LogP contribution in [-0.2, 0) is 0 Å². The van der Waals surface area contributed by atoms with E-state index in [0.29, 0.717) is 5.75 Å². The topological polar surface area (TPSA) is 76.3 Å². The number of ether oxygens (including phenoxy) is 2. The number of aromatic nitrogens is 1. The fourth-order valence-corrected chi connectivity index (χ4v) is 3.71. The van der Waals surface area contributed by atoms with Gasteiger partial charge in [-0.25, -0.2) is 4.98 Å². The lowest BCUT2D eigenvalue weighted by molar-refractivity contribution is 0.201. The molecule has 0 aliphatic heterocycles. The van der Waals surface area contributed by atoms with Gasteiger partial charge in [0, 0.05) is 5.56 Å². The highest BCUT2D eigenvalue weighted by molar-refractivity contribution is 7.21. The molecule has 6 nitrogen and oxygen atoms in total. The van der Waals surface area contributed by atoms with E-state index in [2.05, 4.69) is 10.2 Å². The van der Waals surface area contributed by atoms with Crippen LogP contribution in [0.25, 0.3) is 20.8 Å². The van der Waals surface area contributed by atoms with Crippen molar-refractivity contribution in [2.24, 2.45) is 10.2 Å². The normalized spacial score (nSPS) is 11.2. The summed E-state index contributed by atoms with van der Waals surface area (Å²) in [5, 5.41) is 18.3. The van der Waals surface area contributed by atoms with Gasteiger partial charge in [0.25, 0.3) is 0 Å². The number of nitrogens with zero attached hydrogens (tertiary/aromatic N) is 3. The Hall–Kier alpha value is -3.29. The molecule has 0 amide bonds. The molecule has 146 valence electrons. The fourth-order valence-electron chi connectivity index (χ4n) is 2.71. The van der Waals surface area contributed by atoms with Crippen molar-refractivity contribution >= 4 is 32.9 Å². The van der Waals surface area contributed by atoms with E-state index >= 15 is 0 Å². The molecule has 1 aromatic heterocycles. The Bertz CT molecular complexity index is 1120. The molecule has 0 bridgehead atoms. The van der Waals surface area contributed by atoms with Crippen LogP contribution in [0, 0.1) is 0 Å². The summed E-state index contributed by atoms with van der Waals surface area (Å²) in [5.74, 6) is 1.52. The van der Waals surface area contributed by atoms with Crippen LogP contribution in [0.3, 0.4) is 0 Å². The SMILES string of the molecule is COc1ccc2nc(-c3ccc(N=Nc4ccc(OCCO)cc4)cc3)sc2c1. The first-order valence-corrected chi connectivity index (χ1v) is 9.87. The van der Waals surface area contributed by atoms with Crippen LogP contribution in [0.1, 0.15) is 0 Å². The minimum Gasteiger partial charge on any atom is -0.497 e. The van der Waals surface area contributed by atoms with Gasteiger partial charge in [-0.1, -0.05) is 0 Å². The zero-order valence-electron chi connectivity index (χ0n) is 15.8. The lowest BCUT2D eigenvalue weighted by Crippen LogP contribution is -2.00. The van der Waals surface area contributed by atoms with Gasteiger partial charge < -0.3 is 14.6 Å². The first-order chi connectivity index (χ1) is 14.2. The van der Waals surface area contributed by atoms with Crippen molar-refractivity contribution < 1.29 is 14.6 Å². The lowest BCUT2D eigenvalue weighted by Gasteiger charge is -2.03. The number of thiazole rings is 1. The summed E-state index contributed by atoms with van der Waals surface area (Å²) in [5.41, 5.74) is 3.48. The summed E-state index contributed by atoms with van der Waals surface area (Å²) in [7, 11) is 1.66. The van der Waals surface area contributed by atoms with Crippen molar-refractivity contribution in [1.82, 2.24) is 4.98 Å². The van der Waals surface area contributed by atoms with Crippen LogP contribution in [0.5, 0.6) is 11.5 Å². The molecule has 1 heterocycles. The molecule has 0 aliphatic rings. The summed E-state index contributed by atoms with van der Waals surface area (Å²) < 4.78 is 11.7. The third kappa shape index (κ3) is 4.59. The van der Waals surface area contributed by atoms with Gasteiger partial charge in [0.2, 0.25) is 0 Å². The number of fused-ring (bicyclic) bond motifs is 1. The summed E-state index contributed by atoms with van der Waals surface area (Å²) in [6.45, 7) is 0.262. The van der Waals surface area contributed by atoms with Crippen molar-refractivity contribution in [3.63, 3.8) is 0 Å². The largest absolute Gasteiger partial charge is 0.497 e. The smallest absolute Gasteiger partial charge is 0.124 e. The van der Waals surface area contributed by atoms with Crippen LogP contribution >= 0.6 is 11.3 Å². The molecule has 0 atom stereocenters. The van der Waals surface area contributed by atoms with Crippen LogP contribution < -0.4 is 9.47 Å². The molecule has 0 fully saturated rings. The van der Waals surface area contributed by atoms with E-state index in [4.69, 9.17) is 19.6 Å². The first kappa shape index (κ1) is 19.0. The molecule has 0 aliphatic carbocycles. The number of hydrogen-bond donors (Lipinski definition) is 1. The molecule has 0 unspecified atom stereocenters. The Balaban J connectivity index is 1.47. The Labute approximate surface area is 172 Å². The monoisotopic (exact) mass is 405 g/mol. The summed E-state index contributed by atoms with van der Waals surface area (Å²) >= 11 is 1.63. The molecule has 1 N–H and O–H groups in total. The standard InChI is InChI=1S/C22H19N3O3S/c1-27-19-10-11-20-21(14-19)29-22(23-20)15-2-4-16(5-3-15)24-25-17-6-8-18(9-7-17)28-13-12-26/h2-11,14,26H,12-13H2,1H3. The average Bonchev–Trinajstić information content (AvgIpc) is 3.20. The van der Waals surface area contributed by atoms with Crippen LogP contribution in [0.15, 0.2) is 77.0 Å². The van der Waals surface area contributed by atoms with E-state index in [0.717, 1.165) is 37.9 Å². The Morgan fingerprint density at radius 1 is 0.897 bits per heavy atom. The number of methoxy groups -OCH3 is 1. The molecular weight excluding hydrogens is 386 g/mol. The molecule has 29 heavy (non-hydrogen) atoms. The van der Waals surface area contributed by atoms with Crippen LogP contribution in [-0.4, -0.2) is 30.4 Å². The zero-order valence-corrected chi connectivity index (χ0v) is 16.6. The minimum atomic E-state index is -0.0112. The third-order valence-corrected chi connectivity index (χ3v) is 5.25. The second-order valence-corrected chi connectivity index (χ2v) is 7.20. The maximum absolute atomic E-state index is 8.78. The van der Waals surface area contributed by atoms with Gasteiger partial charge in [0.1, 0.15) is 23.1 Å². The Morgan fingerprint density at radius 3 is 2.21 bits per heavy atom. The summed E-state index contributed by atoms with van der Waals surface area (Å²) in [6, 6.07) is 21.0. The van der Waals surface area contributed by atoms with Crippen molar-refractivity contribution in [2.45, 2.75) is 0 Å². The van der Waals surface area contributed by atoms with E-state index in [1.54, 1.807) is 30.6 Å². The molecule has 0 saturated heterocycles.